The number of benzene rings is 2. The van der Waals surface area contributed by atoms with E-state index in [4.69, 9.17) is 9.47 Å². The van der Waals surface area contributed by atoms with Crippen LogP contribution in [0.15, 0.2) is 77.0 Å². The third-order valence-electron chi connectivity index (χ3n) is 14.4. The molecule has 0 unspecified atom stereocenters. The highest BCUT2D eigenvalue weighted by molar-refractivity contribution is 7.90. The van der Waals surface area contributed by atoms with Gasteiger partial charge in [-0.3, -0.25) is 19.8 Å². The first-order chi connectivity index (χ1) is 29.9. The molecule has 2 saturated heterocycles. The van der Waals surface area contributed by atoms with Crippen molar-refractivity contribution in [3.05, 3.63) is 87.7 Å². The van der Waals surface area contributed by atoms with Gasteiger partial charge in [-0.2, -0.15) is 0 Å². The first-order valence-electron chi connectivity index (χ1n) is 21.9. The highest BCUT2D eigenvalue weighted by atomic mass is 32.2. The van der Waals surface area contributed by atoms with Crippen molar-refractivity contribution < 1.29 is 36.4 Å². The summed E-state index contributed by atoms with van der Waals surface area (Å²) in [7, 11) is -4.57. The minimum absolute atomic E-state index is 0.0599. The number of rotatable bonds is 14. The second-order valence-corrected chi connectivity index (χ2v) is 21.0. The van der Waals surface area contributed by atoms with Crippen LogP contribution in [-0.2, 0) is 14.8 Å². The predicted octanol–water partition coefficient (Wildman–Crippen LogP) is 8.67. The van der Waals surface area contributed by atoms with Crippen LogP contribution in [0.1, 0.15) is 82.5 Å². The Hall–Kier alpha value is -5.13. The molecule has 0 spiro atoms. The number of nitrogens with zero attached hydrogens (tertiary/aromatic N) is 4. The predicted molar refractivity (Wildman–Crippen MR) is 235 cm³/mol. The highest BCUT2D eigenvalue weighted by Gasteiger charge is 2.76. The third-order valence-corrected chi connectivity index (χ3v) is 15.7. The second-order valence-electron chi connectivity index (χ2n) is 19.3. The van der Waals surface area contributed by atoms with E-state index in [9.17, 15) is 32.1 Å². The average Bonchev–Trinajstić information content (AvgIpc) is 3.68. The molecule has 17 heteroatoms. The van der Waals surface area contributed by atoms with Gasteiger partial charge in [-0.05, 0) is 111 Å². The largest absolute Gasteiger partial charge is 0.455 e. The number of H-pyrrole nitrogens is 1. The Morgan fingerprint density at radius 2 is 1.81 bits per heavy atom. The first kappa shape index (κ1) is 43.1. The molecule has 63 heavy (non-hydrogen) atoms. The summed E-state index contributed by atoms with van der Waals surface area (Å²) in [5.41, 5.74) is 3.24. The number of nitro benzene ring substituents is 1. The molecule has 2 aromatic carbocycles. The van der Waals surface area contributed by atoms with E-state index in [2.05, 4.69) is 43.7 Å². The van der Waals surface area contributed by atoms with Gasteiger partial charge in [-0.1, -0.05) is 25.0 Å². The fourth-order valence-electron chi connectivity index (χ4n) is 10.6. The van der Waals surface area contributed by atoms with Gasteiger partial charge in [0.2, 0.25) is 0 Å². The summed E-state index contributed by atoms with van der Waals surface area (Å²) in [6, 6.07) is 12.1. The molecule has 10 rings (SSSR count). The molecule has 4 aromatic rings. The molecule has 4 aliphatic carbocycles. The van der Waals surface area contributed by atoms with Crippen molar-refractivity contribution in [1.29, 1.82) is 0 Å². The van der Waals surface area contributed by atoms with Gasteiger partial charge in [0.05, 0.1) is 21.6 Å². The summed E-state index contributed by atoms with van der Waals surface area (Å²) in [5, 5.41) is 15.9. The van der Waals surface area contributed by atoms with Gasteiger partial charge in [0, 0.05) is 87.3 Å². The van der Waals surface area contributed by atoms with Gasteiger partial charge in [0.25, 0.3) is 27.5 Å². The molecule has 0 atom stereocenters. The summed E-state index contributed by atoms with van der Waals surface area (Å²) >= 11 is 0. The number of anilines is 2. The number of amides is 1. The van der Waals surface area contributed by atoms with Crippen molar-refractivity contribution in [3.63, 3.8) is 0 Å². The quantitative estimate of drug-likeness (QED) is 0.0629. The van der Waals surface area contributed by atoms with E-state index in [-0.39, 0.29) is 33.7 Å². The zero-order valence-electron chi connectivity index (χ0n) is 36.0. The molecule has 3 N–H and O–H groups in total. The maximum absolute atomic E-state index is 14.5. The summed E-state index contributed by atoms with van der Waals surface area (Å²) in [4.78, 5) is 37.0. The summed E-state index contributed by atoms with van der Waals surface area (Å²) in [6.07, 6.45) is 9.69. The van der Waals surface area contributed by atoms with Gasteiger partial charge in [0.1, 0.15) is 22.8 Å². The number of allylic oxidation sites excluding steroid dienone is 1. The number of piperazine rings is 1. The minimum atomic E-state index is -4.57. The van der Waals surface area contributed by atoms with Crippen LogP contribution >= 0.6 is 0 Å². The van der Waals surface area contributed by atoms with Crippen LogP contribution in [0.4, 0.5) is 25.8 Å². The maximum Gasteiger partial charge on any atom is 0.293 e. The van der Waals surface area contributed by atoms with Crippen LogP contribution in [0.2, 0.25) is 0 Å². The van der Waals surface area contributed by atoms with Gasteiger partial charge >= 0.3 is 0 Å². The van der Waals surface area contributed by atoms with Crippen LogP contribution in [0.25, 0.3) is 11.0 Å². The normalized spacial score (nSPS) is 24.1. The minimum Gasteiger partial charge on any atom is -0.455 e. The molecule has 14 nitrogen and oxygen atoms in total. The Balaban J connectivity index is 0.917. The summed E-state index contributed by atoms with van der Waals surface area (Å²) in [5.74, 6) is -2.92. The number of aromatic amines is 1. The van der Waals surface area contributed by atoms with E-state index in [0.29, 0.717) is 63.5 Å². The van der Waals surface area contributed by atoms with Crippen molar-refractivity contribution in [2.45, 2.75) is 83.0 Å². The fraction of sp³-hybridized carbons (Fsp3) is 0.522. The van der Waals surface area contributed by atoms with Gasteiger partial charge in [0.15, 0.2) is 0 Å². The number of hydrogen-bond acceptors (Lipinski definition) is 11. The lowest BCUT2D eigenvalue weighted by molar-refractivity contribution is -0.384. The Labute approximate surface area is 366 Å². The van der Waals surface area contributed by atoms with Crippen molar-refractivity contribution >= 4 is 44.0 Å². The Morgan fingerprint density at radius 3 is 2.52 bits per heavy atom. The van der Waals surface area contributed by atoms with E-state index < -0.39 is 42.8 Å². The Morgan fingerprint density at radius 1 is 1.06 bits per heavy atom. The number of sulfonamides is 1. The fourth-order valence-corrected chi connectivity index (χ4v) is 11.6. The lowest BCUT2D eigenvalue weighted by Crippen LogP contribution is -2.69. The number of hydrogen-bond donors (Lipinski definition) is 3. The van der Waals surface area contributed by atoms with E-state index in [0.717, 1.165) is 75.8 Å². The van der Waals surface area contributed by atoms with Crippen molar-refractivity contribution in [3.8, 4) is 11.5 Å². The molecule has 0 radical (unpaired) electrons. The molecule has 3 saturated carbocycles. The van der Waals surface area contributed by atoms with Crippen LogP contribution in [-0.4, -0.2) is 92.5 Å². The SMILES string of the molecule is CC1(C)CCC(CN2CCN(c3ccc(C(=O)NS(=O)(=O)c4ccc(NCC5CCOCC5)c([N+](=O)[O-])c4)c(Oc4cnc5[nH]ccc5c4)c3)CC2)=C(C23CC(C(C)(F)F)(C2)C3)C1. The summed E-state index contributed by atoms with van der Waals surface area (Å²) < 4.78 is 70.2. The maximum atomic E-state index is 14.5. The number of fused-ring (bicyclic) bond motifs is 1. The molecule has 2 aliphatic heterocycles. The van der Waals surface area contributed by atoms with Crippen molar-refractivity contribution in [1.82, 2.24) is 19.6 Å². The molecule has 336 valence electrons. The standard InChI is InChI=1S/C46H55F2N7O7S/c1-43(2)12-8-32(37(23-43)45-27-46(28-45,29-45)44(3,47)48)26-53-14-16-54(17-15-53)33-4-6-36(40(21-33)62-34-20-31-9-13-49-41(31)51-25-34)42(56)52-63(59,60)35-5-7-38(39(22-35)55(57)58)50-24-30-10-18-61-19-11-30/h4-7,9,13,20-22,25,30,50H,8,10-12,14-19,23-24,26-29H2,1-3H3,(H,49,51)(H,52,56). The zero-order chi connectivity index (χ0) is 44.4. The van der Waals surface area contributed by atoms with Crippen LogP contribution in [0.5, 0.6) is 11.5 Å². The zero-order valence-corrected chi connectivity index (χ0v) is 36.8. The van der Waals surface area contributed by atoms with Gasteiger partial charge in [-0.15, -0.1) is 0 Å². The van der Waals surface area contributed by atoms with Crippen LogP contribution in [0, 0.1) is 32.3 Å². The second kappa shape index (κ2) is 16.1. The van der Waals surface area contributed by atoms with Gasteiger partial charge < -0.3 is 24.7 Å². The first-order valence-corrected chi connectivity index (χ1v) is 23.4. The lowest BCUT2D eigenvalue weighted by atomic mass is 9.30. The molecule has 5 fully saturated rings. The number of carbonyl (C=O) groups excluding carboxylic acids is 1. The number of aromatic nitrogens is 2. The number of pyridine rings is 1. The average molecular weight is 888 g/mol. The molecular weight excluding hydrogens is 833 g/mol. The molecule has 6 aliphatic rings. The number of alkyl halides is 2. The van der Waals surface area contributed by atoms with Crippen molar-refractivity contribution in [2.24, 2.45) is 22.2 Å². The Bertz CT molecular complexity index is 2560. The molecular formula is C46H55F2N7O7S. The molecule has 2 aromatic heterocycles. The molecule has 1 amide bonds. The number of nitrogens with one attached hydrogen (secondary N) is 3. The van der Waals surface area contributed by atoms with E-state index in [1.54, 1.807) is 24.4 Å². The van der Waals surface area contributed by atoms with Crippen LogP contribution < -0.4 is 19.7 Å². The van der Waals surface area contributed by atoms with Crippen LogP contribution in [0.3, 0.4) is 0 Å². The van der Waals surface area contributed by atoms with E-state index in [1.165, 1.54) is 35.5 Å². The van der Waals surface area contributed by atoms with E-state index in [1.807, 2.05) is 6.07 Å². The topological polar surface area (TPSA) is 172 Å². The Kier molecular flexibility index (Phi) is 11.1. The lowest BCUT2D eigenvalue weighted by Gasteiger charge is -2.74. The van der Waals surface area contributed by atoms with Crippen molar-refractivity contribution in [2.75, 3.05) is 62.7 Å². The number of carbonyl (C=O) groups is 1. The van der Waals surface area contributed by atoms with E-state index >= 15 is 0 Å². The monoisotopic (exact) mass is 887 g/mol. The molecule has 4 heterocycles. The molecule has 2 bridgehead atoms. The number of nitro groups is 1. The number of ether oxygens (including phenoxy) is 2. The highest BCUT2D eigenvalue weighted by Crippen LogP contribution is 2.81. The van der Waals surface area contributed by atoms with Gasteiger partial charge in [-0.25, -0.2) is 26.9 Å². The summed E-state index contributed by atoms with van der Waals surface area (Å²) in [6.45, 7) is 11.1. The third kappa shape index (κ3) is 8.51. The smallest absolute Gasteiger partial charge is 0.293 e. The number of halogens is 2.